The third kappa shape index (κ3) is 5.47. The number of amides is 2. The van der Waals surface area contributed by atoms with Gasteiger partial charge in [-0.05, 0) is 30.5 Å². The third-order valence-electron chi connectivity index (χ3n) is 4.72. The summed E-state index contributed by atoms with van der Waals surface area (Å²) in [5.74, 6) is 0.418. The van der Waals surface area contributed by atoms with Crippen LogP contribution in [0.2, 0.25) is 5.02 Å². The molecule has 2 amide bonds. The maximum absolute atomic E-state index is 12.3. The lowest BCUT2D eigenvalue weighted by Crippen LogP contribution is -2.44. The van der Waals surface area contributed by atoms with Crippen molar-refractivity contribution in [3.05, 3.63) is 65.2 Å². The Labute approximate surface area is 164 Å². The number of nitrogens with one attached hydrogen (secondary N) is 1. The number of para-hydroxylation sites is 1. The van der Waals surface area contributed by atoms with Gasteiger partial charge in [0.05, 0.1) is 5.02 Å². The van der Waals surface area contributed by atoms with E-state index in [2.05, 4.69) is 5.32 Å². The fourth-order valence-corrected chi connectivity index (χ4v) is 3.30. The Hall–Kier alpha value is -2.53. The Morgan fingerprint density at radius 3 is 2.41 bits per heavy atom. The summed E-state index contributed by atoms with van der Waals surface area (Å²) in [6, 6.07) is 16.9. The van der Waals surface area contributed by atoms with E-state index in [1.54, 1.807) is 17.0 Å². The van der Waals surface area contributed by atoms with E-state index in [1.165, 1.54) is 0 Å². The largest absolute Gasteiger partial charge is 0.482 e. The number of ether oxygens (including phenoxy) is 1. The molecule has 0 bridgehead atoms. The van der Waals surface area contributed by atoms with Crippen molar-refractivity contribution < 1.29 is 14.3 Å². The van der Waals surface area contributed by atoms with Crippen LogP contribution in [0.1, 0.15) is 18.4 Å². The second-order valence-corrected chi connectivity index (χ2v) is 6.98. The smallest absolute Gasteiger partial charge is 0.260 e. The summed E-state index contributed by atoms with van der Waals surface area (Å²) in [6.45, 7) is 1.61. The van der Waals surface area contributed by atoms with Gasteiger partial charge in [0, 0.05) is 25.6 Å². The fraction of sp³-hybridized carbons (Fsp3) is 0.333. The van der Waals surface area contributed by atoms with E-state index < -0.39 is 0 Å². The second kappa shape index (κ2) is 9.42. The highest BCUT2D eigenvalue weighted by Gasteiger charge is 2.27. The molecule has 1 fully saturated rings. The molecule has 0 spiro atoms. The number of benzene rings is 2. The first-order valence-corrected chi connectivity index (χ1v) is 9.48. The van der Waals surface area contributed by atoms with Gasteiger partial charge in [-0.2, -0.15) is 0 Å². The molecule has 2 aromatic carbocycles. The Morgan fingerprint density at radius 2 is 1.70 bits per heavy atom. The topological polar surface area (TPSA) is 58.6 Å². The molecule has 5 nitrogen and oxygen atoms in total. The van der Waals surface area contributed by atoms with Crippen LogP contribution in [0.3, 0.4) is 0 Å². The second-order valence-electron chi connectivity index (χ2n) is 6.58. The Balaban J connectivity index is 1.40. The van der Waals surface area contributed by atoms with Crippen LogP contribution in [0.5, 0.6) is 5.75 Å². The maximum Gasteiger partial charge on any atom is 0.260 e. The lowest BCUT2D eigenvalue weighted by Gasteiger charge is -2.31. The zero-order valence-corrected chi connectivity index (χ0v) is 15.8. The molecular formula is C21H23ClN2O3. The minimum Gasteiger partial charge on any atom is -0.482 e. The van der Waals surface area contributed by atoms with E-state index in [0.29, 0.717) is 43.2 Å². The van der Waals surface area contributed by atoms with Gasteiger partial charge in [0.2, 0.25) is 5.91 Å². The average Bonchev–Trinajstić information content (AvgIpc) is 2.72. The molecule has 1 aliphatic rings. The summed E-state index contributed by atoms with van der Waals surface area (Å²) in [4.78, 5) is 26.4. The molecule has 0 saturated carbocycles. The number of nitrogens with zero attached hydrogens (tertiary/aromatic N) is 1. The van der Waals surface area contributed by atoms with E-state index in [0.717, 1.165) is 5.56 Å². The number of carbonyl (C=O) groups excluding carboxylic acids is 2. The van der Waals surface area contributed by atoms with Crippen LogP contribution in [-0.2, 0) is 16.1 Å². The molecular weight excluding hydrogens is 364 g/mol. The number of halogens is 1. The minimum atomic E-state index is -0.0851. The lowest BCUT2D eigenvalue weighted by molar-refractivity contribution is -0.137. The van der Waals surface area contributed by atoms with E-state index >= 15 is 0 Å². The molecule has 1 aliphatic heterocycles. The molecule has 0 atom stereocenters. The molecule has 27 heavy (non-hydrogen) atoms. The lowest BCUT2D eigenvalue weighted by atomic mass is 9.96. The van der Waals surface area contributed by atoms with Crippen molar-refractivity contribution >= 4 is 23.4 Å². The van der Waals surface area contributed by atoms with Crippen molar-refractivity contribution in [2.24, 2.45) is 5.92 Å². The third-order valence-corrected chi connectivity index (χ3v) is 5.03. The molecule has 0 radical (unpaired) electrons. The normalized spacial score (nSPS) is 14.6. The molecule has 1 N–H and O–H groups in total. The van der Waals surface area contributed by atoms with E-state index in [9.17, 15) is 9.59 Å². The quantitative estimate of drug-likeness (QED) is 0.828. The van der Waals surface area contributed by atoms with Crippen LogP contribution in [0.4, 0.5) is 0 Å². The molecule has 142 valence electrons. The van der Waals surface area contributed by atoms with Crippen LogP contribution in [-0.4, -0.2) is 36.4 Å². The van der Waals surface area contributed by atoms with Crippen LogP contribution in [0.15, 0.2) is 54.6 Å². The van der Waals surface area contributed by atoms with Gasteiger partial charge in [-0.3, -0.25) is 9.59 Å². The first-order valence-electron chi connectivity index (χ1n) is 9.10. The van der Waals surface area contributed by atoms with Crippen molar-refractivity contribution in [3.63, 3.8) is 0 Å². The molecule has 0 aromatic heterocycles. The molecule has 0 unspecified atom stereocenters. The Bertz CT molecular complexity index is 774. The summed E-state index contributed by atoms with van der Waals surface area (Å²) in [6.07, 6.45) is 1.33. The predicted octanol–water partition coefficient (Wildman–Crippen LogP) is 3.27. The van der Waals surface area contributed by atoms with Crippen molar-refractivity contribution in [2.45, 2.75) is 19.4 Å². The van der Waals surface area contributed by atoms with E-state index in [1.807, 2.05) is 42.5 Å². The van der Waals surface area contributed by atoms with Gasteiger partial charge in [-0.15, -0.1) is 0 Å². The molecule has 1 heterocycles. The van der Waals surface area contributed by atoms with Gasteiger partial charge in [-0.25, -0.2) is 0 Å². The van der Waals surface area contributed by atoms with Crippen LogP contribution >= 0.6 is 11.6 Å². The molecule has 6 heteroatoms. The van der Waals surface area contributed by atoms with Gasteiger partial charge in [0.25, 0.3) is 5.91 Å². The first kappa shape index (κ1) is 19.2. The Morgan fingerprint density at radius 1 is 1.04 bits per heavy atom. The number of rotatable bonds is 6. The van der Waals surface area contributed by atoms with Crippen molar-refractivity contribution in [2.75, 3.05) is 19.7 Å². The van der Waals surface area contributed by atoms with Crippen molar-refractivity contribution in [1.29, 1.82) is 0 Å². The van der Waals surface area contributed by atoms with Crippen LogP contribution in [0, 0.1) is 5.92 Å². The van der Waals surface area contributed by atoms with Gasteiger partial charge in [0.15, 0.2) is 6.61 Å². The minimum absolute atomic E-state index is 0.0470. The van der Waals surface area contributed by atoms with Gasteiger partial charge in [0.1, 0.15) is 5.75 Å². The zero-order valence-electron chi connectivity index (χ0n) is 15.1. The highest BCUT2D eigenvalue weighted by molar-refractivity contribution is 6.32. The highest BCUT2D eigenvalue weighted by Crippen LogP contribution is 2.23. The number of carbonyl (C=O) groups is 2. The fourth-order valence-electron chi connectivity index (χ4n) is 3.11. The molecule has 1 saturated heterocycles. The molecule has 2 aromatic rings. The monoisotopic (exact) mass is 386 g/mol. The summed E-state index contributed by atoms with van der Waals surface area (Å²) < 4.78 is 5.51. The number of likely N-dealkylation sites (tertiary alicyclic amines) is 1. The number of piperidine rings is 1. The van der Waals surface area contributed by atoms with Crippen molar-refractivity contribution in [3.8, 4) is 5.75 Å². The summed E-state index contributed by atoms with van der Waals surface area (Å²) in [5.41, 5.74) is 1.08. The SMILES string of the molecule is O=C(NCc1ccccc1)C1CCN(C(=O)COc2ccccc2Cl)CC1. The zero-order chi connectivity index (χ0) is 19.1. The maximum atomic E-state index is 12.3. The van der Waals surface area contributed by atoms with E-state index in [4.69, 9.17) is 16.3 Å². The summed E-state index contributed by atoms with van der Waals surface area (Å²) in [5, 5.41) is 3.47. The number of hydrogen-bond donors (Lipinski definition) is 1. The van der Waals surface area contributed by atoms with Crippen LogP contribution in [0.25, 0.3) is 0 Å². The first-order chi connectivity index (χ1) is 13.1. The molecule has 3 rings (SSSR count). The predicted molar refractivity (Wildman–Crippen MR) is 105 cm³/mol. The number of hydrogen-bond acceptors (Lipinski definition) is 3. The average molecular weight is 387 g/mol. The summed E-state index contributed by atoms with van der Waals surface area (Å²) in [7, 11) is 0. The molecule has 0 aliphatic carbocycles. The standard InChI is InChI=1S/C21H23ClN2O3/c22-18-8-4-5-9-19(18)27-15-20(25)24-12-10-17(11-13-24)21(26)23-14-16-6-2-1-3-7-16/h1-9,17H,10-15H2,(H,23,26). The van der Waals surface area contributed by atoms with E-state index in [-0.39, 0.29) is 24.3 Å². The van der Waals surface area contributed by atoms with Gasteiger partial charge in [-0.1, -0.05) is 54.1 Å². The van der Waals surface area contributed by atoms with Gasteiger partial charge >= 0.3 is 0 Å². The van der Waals surface area contributed by atoms with Gasteiger partial charge < -0.3 is 15.0 Å². The van der Waals surface area contributed by atoms with Crippen LogP contribution < -0.4 is 10.1 Å². The highest BCUT2D eigenvalue weighted by atomic mass is 35.5. The Kier molecular flexibility index (Phi) is 6.71. The van der Waals surface area contributed by atoms with Crippen molar-refractivity contribution in [1.82, 2.24) is 10.2 Å². The summed E-state index contributed by atoms with van der Waals surface area (Å²) >= 11 is 6.03.